The van der Waals surface area contributed by atoms with Crippen LogP contribution in [0.2, 0.25) is 0 Å². The molecule has 0 N–H and O–H groups in total. The summed E-state index contributed by atoms with van der Waals surface area (Å²) in [7, 11) is -3.63. The van der Waals surface area contributed by atoms with Crippen molar-refractivity contribution in [3.05, 3.63) is 59.1 Å². The molecule has 3 aromatic rings. The van der Waals surface area contributed by atoms with Crippen molar-refractivity contribution in [2.45, 2.75) is 30.6 Å². The Balaban J connectivity index is 1.62. The molecule has 0 amide bonds. The number of benzene rings is 2. The highest BCUT2D eigenvalue weighted by Crippen LogP contribution is 2.34. The fraction of sp³-hybridized carbons (Fsp3) is 0.300. The molecule has 1 unspecified atom stereocenters. The van der Waals surface area contributed by atoms with E-state index < -0.39 is 10.0 Å². The fourth-order valence-electron chi connectivity index (χ4n) is 3.45. The SMILES string of the molecule is CC(=O)c1cccc(S(=O)(=O)N2CCCC(c3nc4ccccc4s3)C2)c1. The number of hydrogen-bond acceptors (Lipinski definition) is 5. The van der Waals surface area contributed by atoms with E-state index in [-0.39, 0.29) is 16.6 Å². The maximum absolute atomic E-state index is 13.1. The minimum Gasteiger partial charge on any atom is -0.295 e. The van der Waals surface area contributed by atoms with E-state index in [1.54, 1.807) is 29.5 Å². The lowest BCUT2D eigenvalue weighted by Gasteiger charge is -2.31. The molecular weight excluding hydrogens is 380 g/mol. The van der Waals surface area contributed by atoms with Gasteiger partial charge in [-0.05, 0) is 44.0 Å². The Kier molecular flexibility index (Phi) is 4.84. The number of hydrogen-bond donors (Lipinski definition) is 0. The first-order valence-electron chi connectivity index (χ1n) is 8.92. The Labute approximate surface area is 162 Å². The minimum atomic E-state index is -3.63. The van der Waals surface area contributed by atoms with E-state index in [2.05, 4.69) is 0 Å². The average Bonchev–Trinajstić information content (AvgIpc) is 3.12. The van der Waals surface area contributed by atoms with Gasteiger partial charge in [-0.25, -0.2) is 13.4 Å². The summed E-state index contributed by atoms with van der Waals surface area (Å²) in [5.41, 5.74) is 1.38. The monoisotopic (exact) mass is 400 g/mol. The van der Waals surface area contributed by atoms with Gasteiger partial charge in [-0.3, -0.25) is 4.79 Å². The first-order chi connectivity index (χ1) is 12.9. The number of thiazole rings is 1. The van der Waals surface area contributed by atoms with Crippen LogP contribution in [0.5, 0.6) is 0 Å². The molecule has 1 atom stereocenters. The van der Waals surface area contributed by atoms with Crippen LogP contribution in [-0.4, -0.2) is 36.6 Å². The van der Waals surface area contributed by atoms with Gasteiger partial charge in [0.1, 0.15) is 0 Å². The lowest BCUT2D eigenvalue weighted by atomic mass is 10.0. The zero-order chi connectivity index (χ0) is 19.0. The number of Topliss-reactive ketones (excluding diaryl/α,β-unsaturated/α-hetero) is 1. The number of ketones is 1. The first kappa shape index (κ1) is 18.3. The molecule has 2 aromatic carbocycles. The van der Waals surface area contributed by atoms with E-state index >= 15 is 0 Å². The Morgan fingerprint density at radius 3 is 2.78 bits per heavy atom. The third-order valence-corrected chi connectivity index (χ3v) is 7.98. The number of para-hydroxylation sites is 1. The van der Waals surface area contributed by atoms with Gasteiger partial charge in [0.15, 0.2) is 5.78 Å². The predicted octanol–water partition coefficient (Wildman–Crippen LogP) is 4.07. The second-order valence-corrected chi connectivity index (χ2v) is 9.81. The summed E-state index contributed by atoms with van der Waals surface area (Å²) in [6.07, 6.45) is 1.73. The zero-order valence-corrected chi connectivity index (χ0v) is 16.6. The van der Waals surface area contributed by atoms with Crippen molar-refractivity contribution >= 4 is 37.4 Å². The van der Waals surface area contributed by atoms with Crippen molar-refractivity contribution in [1.29, 1.82) is 0 Å². The third kappa shape index (κ3) is 3.54. The lowest BCUT2D eigenvalue weighted by Crippen LogP contribution is -2.39. The minimum absolute atomic E-state index is 0.0990. The Hall–Kier alpha value is -2.09. The van der Waals surface area contributed by atoms with E-state index in [1.807, 2.05) is 24.3 Å². The lowest BCUT2D eigenvalue weighted by molar-refractivity contribution is 0.101. The molecule has 1 aliphatic heterocycles. The molecule has 2 heterocycles. The van der Waals surface area contributed by atoms with Crippen molar-refractivity contribution < 1.29 is 13.2 Å². The summed E-state index contributed by atoms with van der Waals surface area (Å²) < 4.78 is 28.9. The van der Waals surface area contributed by atoms with E-state index in [0.29, 0.717) is 18.7 Å². The molecule has 1 saturated heterocycles. The predicted molar refractivity (Wildman–Crippen MR) is 107 cm³/mol. The summed E-state index contributed by atoms with van der Waals surface area (Å²) in [6.45, 7) is 2.36. The molecular formula is C20H20N2O3S2. The van der Waals surface area contributed by atoms with Gasteiger partial charge in [-0.1, -0.05) is 24.3 Å². The molecule has 0 saturated carbocycles. The third-order valence-electron chi connectivity index (χ3n) is 4.92. The standard InChI is InChI=1S/C20H20N2O3S2/c1-14(23)15-6-4-8-17(12-15)27(24,25)22-11-5-7-16(13-22)20-21-18-9-2-3-10-19(18)26-20/h2-4,6,8-10,12,16H,5,7,11,13H2,1H3. The highest BCUT2D eigenvalue weighted by Gasteiger charge is 2.32. The molecule has 0 spiro atoms. The van der Waals surface area contributed by atoms with Crippen LogP contribution in [0.3, 0.4) is 0 Å². The van der Waals surface area contributed by atoms with Crippen molar-refractivity contribution in [1.82, 2.24) is 9.29 Å². The van der Waals surface area contributed by atoms with Crippen LogP contribution in [0.15, 0.2) is 53.4 Å². The quantitative estimate of drug-likeness (QED) is 0.619. The maximum Gasteiger partial charge on any atom is 0.243 e. The van der Waals surface area contributed by atoms with Crippen LogP contribution in [0.4, 0.5) is 0 Å². The van der Waals surface area contributed by atoms with Crippen LogP contribution in [0.25, 0.3) is 10.2 Å². The summed E-state index contributed by atoms with van der Waals surface area (Å²) in [6, 6.07) is 14.3. The molecule has 1 aliphatic rings. The van der Waals surface area contributed by atoms with E-state index in [0.717, 1.165) is 28.1 Å². The topological polar surface area (TPSA) is 67.3 Å². The van der Waals surface area contributed by atoms with Gasteiger partial charge in [0.05, 0.1) is 20.1 Å². The van der Waals surface area contributed by atoms with E-state index in [9.17, 15) is 13.2 Å². The van der Waals surface area contributed by atoms with Gasteiger partial charge in [-0.2, -0.15) is 4.31 Å². The van der Waals surface area contributed by atoms with Gasteiger partial charge >= 0.3 is 0 Å². The van der Waals surface area contributed by atoms with Crippen LogP contribution in [0, 0.1) is 0 Å². The normalized spacial score (nSPS) is 18.6. The second kappa shape index (κ2) is 7.14. The van der Waals surface area contributed by atoms with Gasteiger partial charge in [0.25, 0.3) is 0 Å². The molecule has 5 nitrogen and oxygen atoms in total. The van der Waals surface area contributed by atoms with E-state index in [1.165, 1.54) is 17.3 Å². The van der Waals surface area contributed by atoms with Gasteiger partial charge in [0.2, 0.25) is 10.0 Å². The molecule has 140 valence electrons. The van der Waals surface area contributed by atoms with Gasteiger partial charge in [-0.15, -0.1) is 11.3 Å². The molecule has 1 fully saturated rings. The second-order valence-electron chi connectivity index (χ2n) is 6.81. The van der Waals surface area contributed by atoms with Crippen LogP contribution in [-0.2, 0) is 10.0 Å². The highest BCUT2D eigenvalue weighted by molar-refractivity contribution is 7.89. The van der Waals surface area contributed by atoms with Crippen LogP contribution < -0.4 is 0 Å². The van der Waals surface area contributed by atoms with Gasteiger partial charge in [0, 0.05) is 24.6 Å². The number of piperidine rings is 1. The molecule has 0 aliphatic carbocycles. The van der Waals surface area contributed by atoms with Crippen LogP contribution in [0.1, 0.15) is 41.0 Å². The number of carbonyl (C=O) groups excluding carboxylic acids is 1. The molecule has 7 heteroatoms. The Morgan fingerprint density at radius 2 is 2.00 bits per heavy atom. The summed E-state index contributed by atoms with van der Waals surface area (Å²) >= 11 is 1.64. The zero-order valence-electron chi connectivity index (χ0n) is 15.0. The number of aromatic nitrogens is 1. The van der Waals surface area contributed by atoms with Crippen molar-refractivity contribution in [2.24, 2.45) is 0 Å². The van der Waals surface area contributed by atoms with E-state index in [4.69, 9.17) is 4.98 Å². The number of rotatable bonds is 4. The molecule has 27 heavy (non-hydrogen) atoms. The number of nitrogens with zero attached hydrogens (tertiary/aromatic N) is 2. The highest BCUT2D eigenvalue weighted by atomic mass is 32.2. The average molecular weight is 401 g/mol. The molecule has 0 bridgehead atoms. The molecule has 0 radical (unpaired) electrons. The fourth-order valence-corrected chi connectivity index (χ4v) is 6.12. The molecule has 1 aromatic heterocycles. The Morgan fingerprint density at radius 1 is 1.19 bits per heavy atom. The van der Waals surface area contributed by atoms with Crippen molar-refractivity contribution in [2.75, 3.05) is 13.1 Å². The Bertz CT molecular complexity index is 1070. The summed E-state index contributed by atoms with van der Waals surface area (Å²) in [5.74, 6) is -0.0417. The first-order valence-corrected chi connectivity index (χ1v) is 11.2. The number of sulfonamides is 1. The number of fused-ring (bicyclic) bond motifs is 1. The van der Waals surface area contributed by atoms with Crippen molar-refractivity contribution in [3.63, 3.8) is 0 Å². The van der Waals surface area contributed by atoms with Crippen molar-refractivity contribution in [3.8, 4) is 0 Å². The summed E-state index contributed by atoms with van der Waals surface area (Å²) in [4.78, 5) is 16.5. The smallest absolute Gasteiger partial charge is 0.243 e. The maximum atomic E-state index is 13.1. The molecule has 4 rings (SSSR count). The van der Waals surface area contributed by atoms with Crippen LogP contribution >= 0.6 is 11.3 Å². The largest absolute Gasteiger partial charge is 0.295 e. The summed E-state index contributed by atoms with van der Waals surface area (Å²) in [5, 5.41) is 0.994. The van der Waals surface area contributed by atoms with Gasteiger partial charge < -0.3 is 0 Å². The number of carbonyl (C=O) groups is 1.